The molecule has 10 heteroatoms. The number of carbonyl (C=O) groups is 3. The van der Waals surface area contributed by atoms with Crippen LogP contribution < -0.4 is 0 Å². The Balaban J connectivity index is 1.36. The molecule has 0 spiro atoms. The number of carbonyl (C=O) groups excluding carboxylic acids is 3. The molecule has 10 nitrogen and oxygen atoms in total. The highest BCUT2D eigenvalue weighted by Crippen LogP contribution is 2.33. The van der Waals surface area contributed by atoms with Crippen LogP contribution in [0, 0.1) is 5.92 Å². The third kappa shape index (κ3) is 10.8. The Morgan fingerprint density at radius 1 is 0.547 bits per heavy atom. The zero-order valence-corrected chi connectivity index (χ0v) is 29.0. The maximum atomic E-state index is 13.5. The molecular formula is C43H42O10. The van der Waals surface area contributed by atoms with Gasteiger partial charge >= 0.3 is 17.9 Å². The van der Waals surface area contributed by atoms with Crippen LogP contribution in [0.15, 0.2) is 133 Å². The van der Waals surface area contributed by atoms with Crippen molar-refractivity contribution in [2.45, 2.75) is 37.4 Å². The summed E-state index contributed by atoms with van der Waals surface area (Å²) < 4.78 is 16.4. The number of phenolic OH excluding ortho intramolecular Hbond substituents is 2. The van der Waals surface area contributed by atoms with Gasteiger partial charge in [-0.15, -0.1) is 0 Å². The van der Waals surface area contributed by atoms with E-state index >= 15 is 0 Å². The standard InChI is InChI=1S/C43H42O10/c44-36-21-18-34(38(45)29-36)28-37(40(46)51-25-22-30-10-4-1-5-11-30)33-16-19-35(20-17-33)43(49,50)39(41(47)52-26-23-31-12-6-2-7-13-31)42(48)53-27-24-32-14-8-3-9-15-32/h1-21,29,37,39,44-45,49-50H,22-28H2. The monoisotopic (exact) mass is 718 g/mol. The van der Waals surface area contributed by atoms with Crippen LogP contribution in [0.25, 0.3) is 0 Å². The number of esters is 3. The first-order valence-corrected chi connectivity index (χ1v) is 17.3. The van der Waals surface area contributed by atoms with Crippen LogP contribution in [0.2, 0.25) is 0 Å². The molecule has 0 aliphatic heterocycles. The summed E-state index contributed by atoms with van der Waals surface area (Å²) >= 11 is 0. The smallest absolute Gasteiger partial charge is 0.326 e. The van der Waals surface area contributed by atoms with Crippen molar-refractivity contribution in [2.75, 3.05) is 19.8 Å². The van der Waals surface area contributed by atoms with E-state index < -0.39 is 35.5 Å². The van der Waals surface area contributed by atoms with Gasteiger partial charge in [-0.2, -0.15) is 0 Å². The molecular weight excluding hydrogens is 676 g/mol. The SMILES string of the molecule is O=C(OCCc1ccccc1)C(Cc1ccc(O)cc1O)c1ccc(C(O)(O)C(C(=O)OCCc2ccccc2)C(=O)OCCc2ccccc2)cc1. The van der Waals surface area contributed by atoms with E-state index in [0.29, 0.717) is 30.4 Å². The van der Waals surface area contributed by atoms with Gasteiger partial charge in [-0.3, -0.25) is 14.4 Å². The van der Waals surface area contributed by atoms with Crippen molar-refractivity contribution >= 4 is 17.9 Å². The molecule has 0 bridgehead atoms. The van der Waals surface area contributed by atoms with E-state index in [4.69, 9.17) is 14.2 Å². The van der Waals surface area contributed by atoms with Crippen molar-refractivity contribution in [1.29, 1.82) is 0 Å². The fourth-order valence-electron chi connectivity index (χ4n) is 5.84. The first kappa shape index (κ1) is 38.3. The van der Waals surface area contributed by atoms with Crippen molar-refractivity contribution in [3.63, 3.8) is 0 Å². The van der Waals surface area contributed by atoms with Gasteiger partial charge in [0.15, 0.2) is 0 Å². The molecule has 0 fully saturated rings. The quantitative estimate of drug-likeness (QED) is 0.0417. The second-order valence-corrected chi connectivity index (χ2v) is 12.6. The normalized spacial score (nSPS) is 11.8. The topological polar surface area (TPSA) is 160 Å². The van der Waals surface area contributed by atoms with E-state index in [9.17, 15) is 34.8 Å². The van der Waals surface area contributed by atoms with Gasteiger partial charge in [0.25, 0.3) is 0 Å². The van der Waals surface area contributed by atoms with E-state index in [0.717, 1.165) is 16.7 Å². The molecule has 274 valence electrons. The lowest BCUT2D eigenvalue weighted by Gasteiger charge is -2.29. The molecule has 1 atom stereocenters. The highest BCUT2D eigenvalue weighted by molar-refractivity contribution is 5.96. The fraction of sp³-hybridized carbons (Fsp3) is 0.233. The number of aromatic hydroxyl groups is 2. The average molecular weight is 719 g/mol. The molecule has 5 rings (SSSR count). The lowest BCUT2D eigenvalue weighted by Crippen LogP contribution is -2.46. The minimum Gasteiger partial charge on any atom is -0.508 e. The minimum absolute atomic E-state index is 0.0108. The maximum absolute atomic E-state index is 13.5. The Morgan fingerprint density at radius 3 is 1.42 bits per heavy atom. The summed E-state index contributed by atoms with van der Waals surface area (Å²) in [5.41, 5.74) is 3.28. The third-order valence-electron chi connectivity index (χ3n) is 8.82. The summed E-state index contributed by atoms with van der Waals surface area (Å²) in [5, 5.41) is 43.3. The third-order valence-corrected chi connectivity index (χ3v) is 8.82. The first-order valence-electron chi connectivity index (χ1n) is 17.3. The second kappa shape index (κ2) is 18.5. The maximum Gasteiger partial charge on any atom is 0.326 e. The van der Waals surface area contributed by atoms with E-state index in [2.05, 4.69) is 0 Å². The van der Waals surface area contributed by atoms with Crippen LogP contribution in [0.5, 0.6) is 11.5 Å². The summed E-state index contributed by atoms with van der Waals surface area (Å²) in [4.78, 5) is 40.3. The van der Waals surface area contributed by atoms with Crippen LogP contribution in [-0.2, 0) is 60.1 Å². The Kier molecular flexibility index (Phi) is 13.4. The molecule has 5 aromatic rings. The molecule has 4 N–H and O–H groups in total. The van der Waals surface area contributed by atoms with Crippen LogP contribution in [0.1, 0.15) is 39.3 Å². The number of ether oxygens (including phenoxy) is 3. The van der Waals surface area contributed by atoms with Gasteiger partial charge in [0.05, 0.1) is 25.7 Å². The molecule has 5 aromatic carbocycles. The predicted octanol–water partition coefficient (Wildman–Crippen LogP) is 5.54. The molecule has 0 heterocycles. The van der Waals surface area contributed by atoms with E-state index in [1.807, 2.05) is 91.0 Å². The average Bonchev–Trinajstić information content (AvgIpc) is 3.16. The Bertz CT molecular complexity index is 1870. The zero-order chi connectivity index (χ0) is 37.6. The van der Waals surface area contributed by atoms with Crippen molar-refractivity contribution in [3.05, 3.63) is 167 Å². The number of benzene rings is 5. The van der Waals surface area contributed by atoms with Gasteiger partial charge in [-0.1, -0.05) is 121 Å². The van der Waals surface area contributed by atoms with Gasteiger partial charge in [0.2, 0.25) is 11.7 Å². The van der Waals surface area contributed by atoms with Gasteiger partial charge in [-0.25, -0.2) is 0 Å². The summed E-state index contributed by atoms with van der Waals surface area (Å²) in [6, 6.07) is 37.5. The van der Waals surface area contributed by atoms with Gasteiger partial charge in [0, 0.05) is 30.9 Å². The molecule has 0 aromatic heterocycles. The molecule has 0 aliphatic rings. The molecule has 1 unspecified atom stereocenters. The molecule has 0 aliphatic carbocycles. The van der Waals surface area contributed by atoms with Crippen molar-refractivity contribution in [3.8, 4) is 11.5 Å². The second-order valence-electron chi connectivity index (χ2n) is 12.6. The van der Waals surface area contributed by atoms with E-state index in [1.165, 1.54) is 42.5 Å². The van der Waals surface area contributed by atoms with Crippen LogP contribution in [0.3, 0.4) is 0 Å². The van der Waals surface area contributed by atoms with E-state index in [-0.39, 0.29) is 43.3 Å². The van der Waals surface area contributed by atoms with E-state index in [1.54, 1.807) is 0 Å². The molecule has 0 amide bonds. The lowest BCUT2D eigenvalue weighted by molar-refractivity contribution is -0.227. The van der Waals surface area contributed by atoms with Gasteiger partial charge < -0.3 is 34.6 Å². The molecule has 53 heavy (non-hydrogen) atoms. The van der Waals surface area contributed by atoms with Crippen molar-refractivity contribution in [1.82, 2.24) is 0 Å². The Hall–Kier alpha value is -5.97. The van der Waals surface area contributed by atoms with Crippen molar-refractivity contribution in [2.24, 2.45) is 5.92 Å². The number of hydrogen-bond acceptors (Lipinski definition) is 10. The fourth-order valence-corrected chi connectivity index (χ4v) is 5.84. The van der Waals surface area contributed by atoms with Gasteiger partial charge in [-0.05, 0) is 40.3 Å². The Morgan fingerprint density at radius 2 is 0.981 bits per heavy atom. The summed E-state index contributed by atoms with van der Waals surface area (Å²) in [5.74, 6) is -9.49. The first-order chi connectivity index (χ1) is 25.6. The van der Waals surface area contributed by atoms with Crippen LogP contribution >= 0.6 is 0 Å². The lowest BCUT2D eigenvalue weighted by atomic mass is 9.87. The summed E-state index contributed by atoms with van der Waals surface area (Å²) in [6.45, 7) is -0.149. The zero-order valence-electron chi connectivity index (χ0n) is 29.0. The Labute approximate surface area is 307 Å². The summed E-state index contributed by atoms with van der Waals surface area (Å²) in [6.07, 6.45) is 1.13. The number of aliphatic hydroxyl groups is 2. The number of phenols is 2. The molecule has 0 saturated heterocycles. The highest BCUT2D eigenvalue weighted by Gasteiger charge is 2.49. The number of rotatable bonds is 17. The molecule has 0 radical (unpaired) electrons. The highest BCUT2D eigenvalue weighted by atomic mass is 16.6. The largest absolute Gasteiger partial charge is 0.508 e. The summed E-state index contributed by atoms with van der Waals surface area (Å²) in [7, 11) is 0. The predicted molar refractivity (Wildman–Crippen MR) is 196 cm³/mol. The molecule has 0 saturated carbocycles. The van der Waals surface area contributed by atoms with Crippen molar-refractivity contribution < 1.29 is 49.0 Å². The van der Waals surface area contributed by atoms with Crippen LogP contribution in [-0.4, -0.2) is 58.2 Å². The van der Waals surface area contributed by atoms with Gasteiger partial charge in [0.1, 0.15) is 11.5 Å². The number of hydrogen-bond donors (Lipinski definition) is 4. The van der Waals surface area contributed by atoms with Crippen LogP contribution in [0.4, 0.5) is 0 Å². The minimum atomic E-state index is -3.06.